The molecule has 0 aromatic rings. The van der Waals surface area contributed by atoms with Crippen molar-refractivity contribution in [3.63, 3.8) is 0 Å². The second-order valence-corrected chi connectivity index (χ2v) is 6.75. The lowest BCUT2D eigenvalue weighted by atomic mass is 9.74. The minimum absolute atomic E-state index is 0.00819. The molecule has 0 aliphatic heterocycles. The van der Waals surface area contributed by atoms with Crippen molar-refractivity contribution in [1.29, 1.82) is 0 Å². The van der Waals surface area contributed by atoms with Crippen LogP contribution in [0.2, 0.25) is 0 Å². The number of rotatable bonds is 6. The molecule has 1 amide bonds. The number of carbonyl (C=O) groups excluding carboxylic acids is 2. The Kier molecular flexibility index (Phi) is 7.15. The Morgan fingerprint density at radius 1 is 1.29 bits per heavy atom. The number of hydrogen-bond acceptors (Lipinski definition) is 4. The number of esters is 1. The fourth-order valence-electron chi connectivity index (χ4n) is 3.21. The van der Waals surface area contributed by atoms with E-state index in [1.807, 2.05) is 0 Å². The molecular formula is C16H30N2O3. The molecule has 122 valence electrons. The lowest BCUT2D eigenvalue weighted by molar-refractivity contribution is -0.141. The molecule has 0 saturated heterocycles. The fourth-order valence-corrected chi connectivity index (χ4v) is 3.21. The van der Waals surface area contributed by atoms with Gasteiger partial charge in [0.05, 0.1) is 20.2 Å². The quantitative estimate of drug-likeness (QED) is 0.758. The molecule has 0 radical (unpaired) electrons. The van der Waals surface area contributed by atoms with Gasteiger partial charge in [0.15, 0.2) is 0 Å². The molecule has 0 unspecified atom stereocenters. The number of nitrogens with one attached hydrogen (secondary N) is 1. The van der Waals surface area contributed by atoms with Crippen molar-refractivity contribution in [3.8, 4) is 0 Å². The smallest absolute Gasteiger partial charge is 0.319 e. The van der Waals surface area contributed by atoms with Crippen LogP contribution in [0.1, 0.15) is 40.0 Å². The second kappa shape index (κ2) is 8.37. The average Bonchev–Trinajstić information content (AvgIpc) is 2.37. The molecule has 3 atom stereocenters. The van der Waals surface area contributed by atoms with Gasteiger partial charge in [0.2, 0.25) is 5.91 Å². The number of methoxy groups -OCH3 is 1. The molecule has 5 nitrogen and oxygen atoms in total. The van der Waals surface area contributed by atoms with E-state index < -0.39 is 0 Å². The summed E-state index contributed by atoms with van der Waals surface area (Å²) in [6.45, 7) is 7.06. The van der Waals surface area contributed by atoms with E-state index in [0.717, 1.165) is 6.42 Å². The fraction of sp³-hybridized carbons (Fsp3) is 0.875. The zero-order valence-corrected chi connectivity index (χ0v) is 14.0. The largest absolute Gasteiger partial charge is 0.468 e. The maximum absolute atomic E-state index is 12.2. The SMILES string of the molecule is COC(=O)CN(C)CC(=O)N[C@H]1C[C@H](C)CC[C@H]1C(C)C. The Morgan fingerprint density at radius 3 is 2.52 bits per heavy atom. The van der Waals surface area contributed by atoms with E-state index in [0.29, 0.717) is 17.8 Å². The lowest BCUT2D eigenvalue weighted by Crippen LogP contribution is -2.48. The van der Waals surface area contributed by atoms with Crippen LogP contribution in [0.4, 0.5) is 0 Å². The summed E-state index contributed by atoms with van der Waals surface area (Å²) in [6.07, 6.45) is 3.48. The molecule has 1 aliphatic rings. The lowest BCUT2D eigenvalue weighted by Gasteiger charge is -2.38. The van der Waals surface area contributed by atoms with Gasteiger partial charge in [-0.05, 0) is 37.6 Å². The van der Waals surface area contributed by atoms with Gasteiger partial charge < -0.3 is 10.1 Å². The van der Waals surface area contributed by atoms with E-state index in [4.69, 9.17) is 0 Å². The van der Waals surface area contributed by atoms with Crippen molar-refractivity contribution in [2.24, 2.45) is 17.8 Å². The number of nitrogens with zero attached hydrogens (tertiary/aromatic N) is 1. The first-order valence-corrected chi connectivity index (χ1v) is 7.88. The first-order chi connectivity index (χ1) is 9.83. The molecule has 0 heterocycles. The number of carbonyl (C=O) groups is 2. The summed E-state index contributed by atoms with van der Waals surface area (Å²) in [5.74, 6) is 1.47. The Morgan fingerprint density at radius 2 is 1.95 bits per heavy atom. The summed E-state index contributed by atoms with van der Waals surface area (Å²) in [5.41, 5.74) is 0. The predicted molar refractivity (Wildman–Crippen MR) is 82.8 cm³/mol. The average molecular weight is 298 g/mol. The zero-order chi connectivity index (χ0) is 16.0. The molecular weight excluding hydrogens is 268 g/mol. The van der Waals surface area contributed by atoms with Crippen molar-refractivity contribution in [3.05, 3.63) is 0 Å². The number of amides is 1. The van der Waals surface area contributed by atoms with Gasteiger partial charge in [0, 0.05) is 6.04 Å². The maximum Gasteiger partial charge on any atom is 0.319 e. The summed E-state index contributed by atoms with van der Waals surface area (Å²) in [5, 5.41) is 3.17. The van der Waals surface area contributed by atoms with Crippen LogP contribution in [0, 0.1) is 17.8 Å². The van der Waals surface area contributed by atoms with Crippen molar-refractivity contribution >= 4 is 11.9 Å². The normalized spacial score (nSPS) is 26.0. The molecule has 1 fully saturated rings. The van der Waals surface area contributed by atoms with Crippen LogP contribution in [-0.2, 0) is 14.3 Å². The third kappa shape index (κ3) is 6.04. The molecule has 21 heavy (non-hydrogen) atoms. The topological polar surface area (TPSA) is 58.6 Å². The van der Waals surface area contributed by atoms with Gasteiger partial charge in [-0.1, -0.05) is 27.2 Å². The zero-order valence-electron chi connectivity index (χ0n) is 14.0. The van der Waals surface area contributed by atoms with Gasteiger partial charge in [-0.25, -0.2) is 0 Å². The van der Waals surface area contributed by atoms with Crippen LogP contribution in [-0.4, -0.2) is 50.1 Å². The van der Waals surface area contributed by atoms with E-state index in [1.54, 1.807) is 11.9 Å². The molecule has 0 aromatic carbocycles. The second-order valence-electron chi connectivity index (χ2n) is 6.75. The van der Waals surface area contributed by atoms with Crippen molar-refractivity contribution in [2.45, 2.75) is 46.1 Å². The van der Waals surface area contributed by atoms with Crippen LogP contribution in [0.25, 0.3) is 0 Å². The Labute approximate surface area is 128 Å². The molecule has 0 bridgehead atoms. The summed E-state index contributed by atoms with van der Waals surface area (Å²) in [6, 6.07) is 0.257. The monoisotopic (exact) mass is 298 g/mol. The van der Waals surface area contributed by atoms with E-state index in [-0.39, 0.29) is 31.0 Å². The van der Waals surface area contributed by atoms with Gasteiger partial charge in [0.25, 0.3) is 0 Å². The summed E-state index contributed by atoms with van der Waals surface area (Å²) < 4.78 is 4.60. The van der Waals surface area contributed by atoms with Gasteiger partial charge >= 0.3 is 5.97 Å². The highest BCUT2D eigenvalue weighted by molar-refractivity contribution is 5.79. The molecule has 1 saturated carbocycles. The molecule has 1 N–H and O–H groups in total. The standard InChI is InChI=1S/C16H30N2O3/c1-11(2)13-7-6-12(3)8-14(13)17-15(19)9-18(4)10-16(20)21-5/h11-14H,6-10H2,1-5H3,(H,17,19)/t12-,13+,14+/m1/s1. The van der Waals surface area contributed by atoms with Gasteiger partial charge in [-0.3, -0.25) is 14.5 Å². The Hall–Kier alpha value is -1.10. The van der Waals surface area contributed by atoms with Crippen LogP contribution >= 0.6 is 0 Å². The number of likely N-dealkylation sites (N-methyl/N-ethyl adjacent to an activating group) is 1. The summed E-state index contributed by atoms with van der Waals surface area (Å²) >= 11 is 0. The highest BCUT2D eigenvalue weighted by atomic mass is 16.5. The van der Waals surface area contributed by atoms with E-state index in [9.17, 15) is 9.59 Å². The molecule has 1 rings (SSSR count). The van der Waals surface area contributed by atoms with Crippen LogP contribution in [0.5, 0.6) is 0 Å². The summed E-state index contributed by atoms with van der Waals surface area (Å²) in [4.78, 5) is 25.0. The van der Waals surface area contributed by atoms with Gasteiger partial charge in [0.1, 0.15) is 0 Å². The molecule has 0 aromatic heterocycles. The third-order valence-corrected chi connectivity index (χ3v) is 4.41. The first-order valence-electron chi connectivity index (χ1n) is 7.88. The number of ether oxygens (including phenoxy) is 1. The van der Waals surface area contributed by atoms with Crippen molar-refractivity contribution < 1.29 is 14.3 Å². The van der Waals surface area contributed by atoms with E-state index >= 15 is 0 Å². The van der Waals surface area contributed by atoms with Gasteiger partial charge in [-0.15, -0.1) is 0 Å². The van der Waals surface area contributed by atoms with E-state index in [2.05, 4.69) is 30.8 Å². The summed E-state index contributed by atoms with van der Waals surface area (Å²) in [7, 11) is 3.10. The molecule has 0 spiro atoms. The minimum atomic E-state index is -0.323. The van der Waals surface area contributed by atoms with Crippen molar-refractivity contribution in [2.75, 3.05) is 27.2 Å². The highest BCUT2D eigenvalue weighted by Crippen LogP contribution is 2.33. The van der Waals surface area contributed by atoms with E-state index in [1.165, 1.54) is 20.0 Å². The van der Waals surface area contributed by atoms with Crippen LogP contribution in [0.3, 0.4) is 0 Å². The first kappa shape index (κ1) is 18.0. The molecule has 1 aliphatic carbocycles. The highest BCUT2D eigenvalue weighted by Gasteiger charge is 2.31. The maximum atomic E-state index is 12.2. The Balaban J connectivity index is 2.49. The third-order valence-electron chi connectivity index (χ3n) is 4.41. The van der Waals surface area contributed by atoms with Crippen LogP contribution in [0.15, 0.2) is 0 Å². The number of hydrogen-bond donors (Lipinski definition) is 1. The minimum Gasteiger partial charge on any atom is -0.468 e. The van der Waals surface area contributed by atoms with Crippen LogP contribution < -0.4 is 5.32 Å². The predicted octanol–water partition coefficient (Wildman–Crippen LogP) is 1.67. The van der Waals surface area contributed by atoms with Crippen molar-refractivity contribution in [1.82, 2.24) is 10.2 Å². The molecule has 5 heteroatoms. The van der Waals surface area contributed by atoms with Gasteiger partial charge in [-0.2, -0.15) is 0 Å². The Bertz CT molecular complexity index is 357.